The first-order valence-corrected chi connectivity index (χ1v) is 4.69. The van der Waals surface area contributed by atoms with Crippen molar-refractivity contribution in [2.45, 2.75) is 29.7 Å². The minimum absolute atomic E-state index is 1.01. The average molecular weight is 268 g/mol. The van der Waals surface area contributed by atoms with Gasteiger partial charge in [-0.2, -0.15) is 0 Å². The summed E-state index contributed by atoms with van der Waals surface area (Å²) in [5, 5.41) is 64.3. The summed E-state index contributed by atoms with van der Waals surface area (Å²) in [6.45, 7) is -1.01. The predicted molar refractivity (Wildman–Crippen MR) is 49.1 cm³/mol. The van der Waals surface area contributed by atoms with Crippen molar-refractivity contribution < 1.29 is 50.1 Å². The molecule has 104 valence electrons. The van der Waals surface area contributed by atoms with E-state index in [1.807, 2.05) is 0 Å². The average Bonchev–Trinajstić information content (AvgIpc) is 2.30. The largest absolute Gasteiger partial charge is 0.479 e. The van der Waals surface area contributed by atoms with Crippen molar-refractivity contribution in [2.24, 2.45) is 0 Å². The third-order valence-corrected chi connectivity index (χ3v) is 2.77. The molecule has 0 aromatic heterocycles. The van der Waals surface area contributed by atoms with E-state index in [1.165, 1.54) is 0 Å². The maximum Gasteiger partial charge on any atom is 0.368 e. The van der Waals surface area contributed by atoms with Gasteiger partial charge in [-0.1, -0.05) is 0 Å². The maximum absolute atomic E-state index is 10.9. The molecule has 0 aliphatic carbocycles. The highest BCUT2D eigenvalue weighted by Crippen LogP contribution is 2.37. The van der Waals surface area contributed by atoms with Crippen molar-refractivity contribution in [1.82, 2.24) is 0 Å². The smallest absolute Gasteiger partial charge is 0.368 e. The third kappa shape index (κ3) is 1.67. The van der Waals surface area contributed by atoms with Crippen molar-refractivity contribution in [1.29, 1.82) is 0 Å². The second-order valence-electron chi connectivity index (χ2n) is 3.80. The lowest BCUT2D eigenvalue weighted by molar-refractivity contribution is -0.367. The summed E-state index contributed by atoms with van der Waals surface area (Å²) in [5.74, 6) is -8.32. The van der Waals surface area contributed by atoms with Crippen LogP contribution >= 0.6 is 0 Å². The third-order valence-electron chi connectivity index (χ3n) is 2.77. The lowest BCUT2D eigenvalue weighted by Crippen LogP contribution is -2.78. The monoisotopic (exact) mass is 268 g/mol. The van der Waals surface area contributed by atoms with Crippen molar-refractivity contribution >= 4 is 11.9 Å². The van der Waals surface area contributed by atoms with Crippen LogP contribution in [0.3, 0.4) is 0 Å². The van der Waals surface area contributed by atoms with Gasteiger partial charge < -0.3 is 40.5 Å². The Bertz CT molecular complexity index is 369. The van der Waals surface area contributed by atoms with Crippen molar-refractivity contribution in [3.63, 3.8) is 0 Å². The molecule has 1 rings (SSSR count). The van der Waals surface area contributed by atoms with E-state index in [0.29, 0.717) is 0 Å². The lowest BCUT2D eigenvalue weighted by Gasteiger charge is -2.47. The van der Waals surface area contributed by atoms with Gasteiger partial charge in [-0.25, -0.2) is 9.59 Å². The van der Waals surface area contributed by atoms with E-state index in [1.54, 1.807) is 0 Å². The van der Waals surface area contributed by atoms with Crippen molar-refractivity contribution in [3.05, 3.63) is 0 Å². The SMILES string of the molecule is O=C(O)C1(O)OC(CO)C(O)C(O)C1(O)C(=O)O. The molecule has 18 heavy (non-hydrogen) atoms. The molecule has 1 aliphatic heterocycles. The van der Waals surface area contributed by atoms with Gasteiger partial charge in [-0.15, -0.1) is 0 Å². The van der Waals surface area contributed by atoms with E-state index in [4.69, 9.17) is 15.3 Å². The summed E-state index contributed by atoms with van der Waals surface area (Å²) >= 11 is 0. The van der Waals surface area contributed by atoms with E-state index in [0.717, 1.165) is 0 Å². The second kappa shape index (κ2) is 4.42. The van der Waals surface area contributed by atoms with Crippen molar-refractivity contribution in [3.8, 4) is 0 Å². The summed E-state index contributed by atoms with van der Waals surface area (Å²) in [5.41, 5.74) is -3.69. The van der Waals surface area contributed by atoms with E-state index >= 15 is 0 Å². The normalized spacial score (nSPS) is 44.6. The molecule has 0 radical (unpaired) electrons. The number of hydrogen-bond donors (Lipinski definition) is 7. The van der Waals surface area contributed by atoms with Crippen LogP contribution < -0.4 is 0 Å². The zero-order valence-electron chi connectivity index (χ0n) is 8.79. The van der Waals surface area contributed by atoms with E-state index in [-0.39, 0.29) is 0 Å². The number of aliphatic hydroxyl groups is 5. The zero-order chi connectivity index (χ0) is 14.3. The van der Waals surface area contributed by atoms with Gasteiger partial charge in [0.05, 0.1) is 6.61 Å². The van der Waals surface area contributed by atoms with Gasteiger partial charge >= 0.3 is 17.7 Å². The fraction of sp³-hybridized carbons (Fsp3) is 0.750. The van der Waals surface area contributed by atoms with Gasteiger partial charge in [0.15, 0.2) is 0 Å². The van der Waals surface area contributed by atoms with Crippen LogP contribution in [0.15, 0.2) is 0 Å². The molecule has 10 nitrogen and oxygen atoms in total. The fourth-order valence-electron chi connectivity index (χ4n) is 1.66. The highest BCUT2D eigenvalue weighted by molar-refractivity contribution is 5.90. The molecule has 1 saturated heterocycles. The number of aliphatic carboxylic acids is 2. The van der Waals surface area contributed by atoms with Crippen LogP contribution in [0.2, 0.25) is 0 Å². The first-order chi connectivity index (χ1) is 8.12. The summed E-state index contributed by atoms with van der Waals surface area (Å²) in [4.78, 5) is 21.7. The number of carbonyl (C=O) groups is 2. The van der Waals surface area contributed by atoms with Gasteiger partial charge in [0.25, 0.3) is 5.60 Å². The van der Waals surface area contributed by atoms with Crippen LogP contribution in [0, 0.1) is 0 Å². The molecule has 0 aromatic rings. The number of aliphatic hydroxyl groups excluding tert-OH is 3. The van der Waals surface area contributed by atoms with Crippen molar-refractivity contribution in [2.75, 3.05) is 6.61 Å². The minimum Gasteiger partial charge on any atom is -0.479 e. The standard InChI is InChI=1S/C8H12O10/c9-1-2-3(10)4(11)7(16,5(12)13)8(17,18-2)6(14)15/h2-4,9-11,16-17H,1H2,(H,12,13)(H,14,15). The minimum atomic E-state index is -3.72. The molecule has 1 aliphatic rings. The Balaban J connectivity index is 3.36. The molecular weight excluding hydrogens is 256 g/mol. The lowest BCUT2D eigenvalue weighted by atomic mass is 9.79. The molecule has 5 atom stereocenters. The molecule has 7 N–H and O–H groups in total. The number of carboxylic acids is 2. The maximum atomic E-state index is 10.9. The molecule has 0 aromatic carbocycles. The van der Waals surface area contributed by atoms with Crippen LogP contribution in [-0.2, 0) is 14.3 Å². The molecular formula is C8H12O10. The van der Waals surface area contributed by atoms with Gasteiger partial charge in [0.2, 0.25) is 0 Å². The Hall–Kier alpha value is -1.30. The number of carboxylic acid groups (broad SMARTS) is 2. The number of ether oxygens (including phenoxy) is 1. The van der Waals surface area contributed by atoms with E-state index < -0.39 is 48.2 Å². The number of rotatable bonds is 3. The fourth-order valence-corrected chi connectivity index (χ4v) is 1.66. The summed E-state index contributed by atoms with van der Waals surface area (Å²) in [6, 6.07) is 0. The van der Waals surface area contributed by atoms with Gasteiger partial charge in [-0.05, 0) is 0 Å². The van der Waals surface area contributed by atoms with Gasteiger partial charge in [-0.3, -0.25) is 0 Å². The second-order valence-corrected chi connectivity index (χ2v) is 3.80. The summed E-state index contributed by atoms with van der Waals surface area (Å²) in [6.07, 6.45) is -6.46. The Morgan fingerprint density at radius 1 is 1.11 bits per heavy atom. The van der Waals surface area contributed by atoms with E-state index in [9.17, 15) is 30.0 Å². The highest BCUT2D eigenvalue weighted by Gasteiger charge is 2.72. The van der Waals surface area contributed by atoms with E-state index in [2.05, 4.69) is 4.74 Å². The Labute approximate surface area is 99.3 Å². The molecule has 0 spiro atoms. The predicted octanol–water partition coefficient (Wildman–Crippen LogP) is -4.31. The Morgan fingerprint density at radius 3 is 1.94 bits per heavy atom. The van der Waals surface area contributed by atoms with Gasteiger partial charge in [0, 0.05) is 0 Å². The quantitative estimate of drug-likeness (QED) is 0.264. The number of hydrogen-bond acceptors (Lipinski definition) is 8. The molecule has 1 fully saturated rings. The summed E-state index contributed by atoms with van der Waals surface area (Å²) in [7, 11) is 0. The molecule has 0 saturated carbocycles. The Morgan fingerprint density at radius 2 is 1.61 bits per heavy atom. The van der Waals surface area contributed by atoms with Crippen LogP contribution in [0.25, 0.3) is 0 Å². The van der Waals surface area contributed by atoms with Gasteiger partial charge in [0.1, 0.15) is 18.3 Å². The zero-order valence-corrected chi connectivity index (χ0v) is 8.79. The van der Waals surface area contributed by atoms with Crippen LogP contribution in [-0.4, -0.2) is 84.0 Å². The molecule has 0 bridgehead atoms. The topological polar surface area (TPSA) is 185 Å². The molecule has 1 heterocycles. The molecule has 5 unspecified atom stereocenters. The highest BCUT2D eigenvalue weighted by atomic mass is 16.7. The van der Waals surface area contributed by atoms with Crippen LogP contribution in [0.4, 0.5) is 0 Å². The van der Waals surface area contributed by atoms with Crippen LogP contribution in [0.5, 0.6) is 0 Å². The Kier molecular flexibility index (Phi) is 3.63. The summed E-state index contributed by atoms with van der Waals surface area (Å²) < 4.78 is 4.31. The molecule has 0 amide bonds. The first kappa shape index (κ1) is 14.8. The van der Waals surface area contributed by atoms with Crippen LogP contribution in [0.1, 0.15) is 0 Å². The first-order valence-electron chi connectivity index (χ1n) is 4.69. The molecule has 10 heteroatoms.